The van der Waals surface area contributed by atoms with Gasteiger partial charge in [0, 0.05) is 5.56 Å². The maximum Gasteiger partial charge on any atom is 0.164 e. The summed E-state index contributed by atoms with van der Waals surface area (Å²) in [7, 11) is 0. The fraction of sp³-hybridized carbons (Fsp3) is 0.421. The second kappa shape index (κ2) is 6.80. The van der Waals surface area contributed by atoms with Crippen LogP contribution in [0.1, 0.15) is 38.7 Å². The van der Waals surface area contributed by atoms with Gasteiger partial charge in [0.25, 0.3) is 0 Å². The summed E-state index contributed by atoms with van der Waals surface area (Å²) >= 11 is 0. The topological polar surface area (TPSA) is 95.6 Å². The van der Waals surface area contributed by atoms with Crippen molar-refractivity contribution in [3.05, 3.63) is 36.2 Å². The van der Waals surface area contributed by atoms with Gasteiger partial charge in [0.1, 0.15) is 17.8 Å². The van der Waals surface area contributed by atoms with Crippen LogP contribution in [0.3, 0.4) is 0 Å². The van der Waals surface area contributed by atoms with Gasteiger partial charge in [0.2, 0.25) is 0 Å². The van der Waals surface area contributed by atoms with Crippen molar-refractivity contribution in [3.63, 3.8) is 0 Å². The number of hydrogen-bond acceptors (Lipinski definition) is 5. The molecule has 6 heteroatoms. The number of nitrogens with two attached hydrogens (primary N) is 2. The Morgan fingerprint density at radius 3 is 2.48 bits per heavy atom. The van der Waals surface area contributed by atoms with Crippen LogP contribution >= 0.6 is 0 Å². The van der Waals surface area contributed by atoms with Crippen molar-refractivity contribution in [1.82, 2.24) is 19.7 Å². The first-order valence-electron chi connectivity index (χ1n) is 8.71. The van der Waals surface area contributed by atoms with Crippen LogP contribution in [-0.2, 0) is 5.54 Å². The van der Waals surface area contributed by atoms with Crippen LogP contribution in [0, 0.1) is 6.92 Å². The molecule has 0 aliphatic rings. The fourth-order valence-corrected chi connectivity index (χ4v) is 3.12. The van der Waals surface area contributed by atoms with Gasteiger partial charge in [-0.25, -0.2) is 14.6 Å². The molecule has 3 rings (SSSR count). The maximum atomic E-state index is 6.18. The van der Waals surface area contributed by atoms with Crippen LogP contribution in [0.15, 0.2) is 30.6 Å². The first-order chi connectivity index (χ1) is 11.9. The summed E-state index contributed by atoms with van der Waals surface area (Å²) in [6.07, 6.45) is 4.53. The number of nitrogen functional groups attached to an aromatic ring is 1. The Hall–Kier alpha value is -2.47. The van der Waals surface area contributed by atoms with Crippen molar-refractivity contribution in [2.24, 2.45) is 5.73 Å². The van der Waals surface area contributed by atoms with E-state index in [1.165, 1.54) is 11.9 Å². The van der Waals surface area contributed by atoms with E-state index in [0.717, 1.165) is 41.6 Å². The summed E-state index contributed by atoms with van der Waals surface area (Å²) in [5, 5.41) is 5.72. The minimum atomic E-state index is -0.183. The molecule has 0 fully saturated rings. The molecule has 2 heterocycles. The average Bonchev–Trinajstić information content (AvgIpc) is 2.98. The van der Waals surface area contributed by atoms with E-state index in [1.54, 1.807) is 0 Å². The van der Waals surface area contributed by atoms with Gasteiger partial charge in [-0.05, 0) is 46.6 Å². The van der Waals surface area contributed by atoms with Crippen LogP contribution in [-0.4, -0.2) is 26.3 Å². The number of aryl methyl sites for hydroxylation is 1. The quantitative estimate of drug-likeness (QED) is 0.673. The Morgan fingerprint density at radius 1 is 1.08 bits per heavy atom. The minimum absolute atomic E-state index is 0.183. The van der Waals surface area contributed by atoms with E-state index < -0.39 is 0 Å². The van der Waals surface area contributed by atoms with Gasteiger partial charge >= 0.3 is 0 Å². The van der Waals surface area contributed by atoms with E-state index in [2.05, 4.69) is 55.0 Å². The Bertz CT molecular complexity index is 864. The zero-order valence-corrected chi connectivity index (χ0v) is 15.2. The molecule has 132 valence electrons. The maximum absolute atomic E-state index is 6.18. The number of fused-ring (bicyclic) bond motifs is 1. The molecule has 0 unspecified atom stereocenters. The highest BCUT2D eigenvalue weighted by Gasteiger charge is 2.27. The smallest absolute Gasteiger partial charge is 0.164 e. The van der Waals surface area contributed by atoms with Crippen molar-refractivity contribution in [1.29, 1.82) is 0 Å². The molecule has 0 saturated heterocycles. The van der Waals surface area contributed by atoms with E-state index in [-0.39, 0.29) is 5.54 Å². The number of rotatable bonds is 6. The zero-order valence-electron chi connectivity index (χ0n) is 15.2. The molecule has 0 bridgehead atoms. The van der Waals surface area contributed by atoms with E-state index >= 15 is 0 Å². The normalized spacial score (nSPS) is 12.0. The fourth-order valence-electron chi connectivity index (χ4n) is 3.12. The van der Waals surface area contributed by atoms with Gasteiger partial charge < -0.3 is 11.5 Å². The summed E-state index contributed by atoms with van der Waals surface area (Å²) in [6, 6.07) is 8.28. The van der Waals surface area contributed by atoms with Crippen LogP contribution in [0.25, 0.3) is 22.3 Å². The SMILES string of the molecule is Cc1ccc(-c2nn(C(C)(C)CCCCN)c3ncnc(N)c23)cc1. The largest absolute Gasteiger partial charge is 0.383 e. The summed E-state index contributed by atoms with van der Waals surface area (Å²) < 4.78 is 1.99. The van der Waals surface area contributed by atoms with Gasteiger partial charge in [0.05, 0.1) is 10.9 Å². The molecule has 0 aliphatic heterocycles. The van der Waals surface area contributed by atoms with E-state index in [9.17, 15) is 0 Å². The van der Waals surface area contributed by atoms with Crippen LogP contribution in [0.4, 0.5) is 5.82 Å². The van der Waals surface area contributed by atoms with Crippen molar-refractivity contribution in [2.75, 3.05) is 12.3 Å². The summed E-state index contributed by atoms with van der Waals surface area (Å²) in [6.45, 7) is 7.12. The van der Waals surface area contributed by atoms with Gasteiger partial charge in [0.15, 0.2) is 5.65 Å². The second-order valence-electron chi connectivity index (χ2n) is 7.14. The predicted molar refractivity (Wildman–Crippen MR) is 102 cm³/mol. The molecular weight excluding hydrogens is 312 g/mol. The highest BCUT2D eigenvalue weighted by Crippen LogP contribution is 2.34. The second-order valence-corrected chi connectivity index (χ2v) is 7.14. The summed E-state index contributed by atoms with van der Waals surface area (Å²) in [4.78, 5) is 8.66. The standard InChI is InChI=1S/C19H26N6/c1-13-6-8-14(9-7-13)16-15-17(21)22-12-23-18(15)25(24-16)19(2,3)10-4-5-11-20/h6-9,12H,4-5,10-11,20H2,1-3H3,(H2,21,22,23). The molecule has 3 aromatic rings. The van der Waals surface area contributed by atoms with Crippen LogP contribution in [0.2, 0.25) is 0 Å². The lowest BCUT2D eigenvalue weighted by Gasteiger charge is -2.25. The van der Waals surface area contributed by atoms with Crippen LogP contribution < -0.4 is 11.5 Å². The number of benzene rings is 1. The summed E-state index contributed by atoms with van der Waals surface area (Å²) in [5.41, 5.74) is 15.5. The third-order valence-corrected chi connectivity index (χ3v) is 4.64. The van der Waals surface area contributed by atoms with E-state index in [4.69, 9.17) is 16.6 Å². The average molecular weight is 338 g/mol. The zero-order chi connectivity index (χ0) is 18.0. The molecular formula is C19H26N6. The van der Waals surface area contributed by atoms with Crippen LogP contribution in [0.5, 0.6) is 0 Å². The monoisotopic (exact) mass is 338 g/mol. The first-order valence-corrected chi connectivity index (χ1v) is 8.71. The Balaban J connectivity index is 2.14. The molecule has 0 radical (unpaired) electrons. The molecule has 25 heavy (non-hydrogen) atoms. The van der Waals surface area contributed by atoms with Crippen molar-refractivity contribution in [3.8, 4) is 11.3 Å². The minimum Gasteiger partial charge on any atom is -0.383 e. The van der Waals surface area contributed by atoms with Gasteiger partial charge in [-0.1, -0.05) is 29.8 Å². The molecule has 6 nitrogen and oxygen atoms in total. The Morgan fingerprint density at radius 2 is 1.80 bits per heavy atom. The molecule has 0 spiro atoms. The number of unbranched alkanes of at least 4 members (excludes halogenated alkanes) is 1. The molecule has 1 aromatic carbocycles. The number of aromatic nitrogens is 4. The number of hydrogen-bond donors (Lipinski definition) is 2. The highest BCUT2D eigenvalue weighted by molar-refractivity contribution is 5.98. The lowest BCUT2D eigenvalue weighted by Crippen LogP contribution is -2.28. The highest BCUT2D eigenvalue weighted by atomic mass is 15.3. The van der Waals surface area contributed by atoms with Gasteiger partial charge in [-0.3, -0.25) is 0 Å². The number of nitrogens with zero attached hydrogens (tertiary/aromatic N) is 4. The molecule has 0 saturated carbocycles. The van der Waals surface area contributed by atoms with E-state index in [1.807, 2.05) is 4.68 Å². The summed E-state index contributed by atoms with van der Waals surface area (Å²) in [5.74, 6) is 0.463. The van der Waals surface area contributed by atoms with Gasteiger partial charge in [-0.2, -0.15) is 5.10 Å². The third-order valence-electron chi connectivity index (χ3n) is 4.64. The number of anilines is 1. The van der Waals surface area contributed by atoms with Crippen molar-refractivity contribution >= 4 is 16.9 Å². The first kappa shape index (κ1) is 17.4. The Kier molecular flexibility index (Phi) is 4.72. The predicted octanol–water partition coefficient (Wildman–Crippen LogP) is 3.25. The van der Waals surface area contributed by atoms with Crippen molar-refractivity contribution < 1.29 is 0 Å². The molecule has 0 atom stereocenters. The molecule has 0 amide bonds. The molecule has 4 N–H and O–H groups in total. The third kappa shape index (κ3) is 3.35. The van der Waals surface area contributed by atoms with E-state index in [0.29, 0.717) is 12.4 Å². The lowest BCUT2D eigenvalue weighted by molar-refractivity contribution is 0.295. The van der Waals surface area contributed by atoms with Gasteiger partial charge in [-0.15, -0.1) is 0 Å². The lowest BCUT2D eigenvalue weighted by atomic mass is 9.97. The molecule has 0 aliphatic carbocycles. The Labute approximate surface area is 148 Å². The molecule has 2 aromatic heterocycles. The van der Waals surface area contributed by atoms with Crippen molar-refractivity contribution in [2.45, 2.75) is 45.6 Å².